The third-order valence-electron chi connectivity index (χ3n) is 4.46. The van der Waals surface area contributed by atoms with Crippen molar-refractivity contribution >= 4 is 46.2 Å². The molecule has 166 valence electrons. The van der Waals surface area contributed by atoms with Crippen molar-refractivity contribution in [3.8, 4) is 16.3 Å². The molecule has 2 aromatic carbocycles. The van der Waals surface area contributed by atoms with Crippen molar-refractivity contribution in [1.82, 2.24) is 9.78 Å². The topological polar surface area (TPSA) is 116 Å². The minimum atomic E-state index is -0.769. The van der Waals surface area contributed by atoms with E-state index in [-0.39, 0.29) is 22.1 Å². The first-order valence-electron chi connectivity index (χ1n) is 9.52. The van der Waals surface area contributed by atoms with Crippen LogP contribution >= 0.6 is 22.9 Å². The number of para-hydroxylation sites is 1. The molecule has 0 unspecified atom stereocenters. The Morgan fingerprint density at radius 3 is 2.61 bits per heavy atom. The molecule has 1 amide bonds. The van der Waals surface area contributed by atoms with Crippen LogP contribution in [0.5, 0.6) is 0 Å². The number of hydrogen-bond donors (Lipinski definition) is 1. The molecule has 1 N–H and O–H groups in total. The van der Waals surface area contributed by atoms with Crippen molar-refractivity contribution in [3.05, 3.63) is 92.9 Å². The number of nitrogens with one attached hydrogen (secondary N) is 1. The first-order valence-corrected chi connectivity index (χ1v) is 10.8. The van der Waals surface area contributed by atoms with Crippen LogP contribution in [-0.2, 0) is 9.53 Å². The molecule has 0 aliphatic carbocycles. The van der Waals surface area contributed by atoms with Gasteiger partial charge in [0.25, 0.3) is 11.6 Å². The Balaban J connectivity index is 1.52. The summed E-state index contributed by atoms with van der Waals surface area (Å²) in [5.74, 6) is -1.51. The predicted molar refractivity (Wildman–Crippen MR) is 124 cm³/mol. The SMILES string of the molecule is O=C(COC(=O)c1cc(-c2cccs2)nn1-c1ccccc1)Nc1ccc(Cl)cc1[N+](=O)[O-]. The lowest BCUT2D eigenvalue weighted by molar-refractivity contribution is -0.383. The highest BCUT2D eigenvalue weighted by atomic mass is 35.5. The van der Waals surface area contributed by atoms with E-state index in [1.165, 1.54) is 28.2 Å². The number of halogens is 1. The summed E-state index contributed by atoms with van der Waals surface area (Å²) >= 11 is 7.25. The number of anilines is 1. The number of aromatic nitrogens is 2. The predicted octanol–water partition coefficient (Wildman–Crippen LogP) is 4.96. The van der Waals surface area contributed by atoms with Gasteiger partial charge >= 0.3 is 5.97 Å². The number of benzene rings is 2. The number of nitro groups is 1. The second kappa shape index (κ2) is 9.63. The van der Waals surface area contributed by atoms with E-state index in [0.29, 0.717) is 11.4 Å². The van der Waals surface area contributed by atoms with E-state index in [1.54, 1.807) is 18.2 Å². The van der Waals surface area contributed by atoms with E-state index in [9.17, 15) is 19.7 Å². The zero-order chi connectivity index (χ0) is 23.4. The lowest BCUT2D eigenvalue weighted by atomic mass is 10.2. The highest BCUT2D eigenvalue weighted by Crippen LogP contribution is 2.28. The maximum absolute atomic E-state index is 12.8. The number of nitrogens with zero attached hydrogens (tertiary/aromatic N) is 3. The number of thiophene rings is 1. The van der Waals surface area contributed by atoms with Gasteiger partial charge in [-0.1, -0.05) is 35.9 Å². The van der Waals surface area contributed by atoms with Crippen LogP contribution < -0.4 is 5.32 Å². The number of nitro benzene ring substituents is 1. The smallest absolute Gasteiger partial charge is 0.357 e. The van der Waals surface area contributed by atoms with Gasteiger partial charge in [-0.25, -0.2) is 9.48 Å². The summed E-state index contributed by atoms with van der Waals surface area (Å²) in [6.45, 7) is -0.646. The van der Waals surface area contributed by atoms with E-state index in [1.807, 2.05) is 35.7 Å². The Morgan fingerprint density at radius 1 is 1.12 bits per heavy atom. The molecule has 2 aromatic heterocycles. The molecular formula is C22H15ClN4O5S. The average Bonchev–Trinajstić information content (AvgIpc) is 3.49. The molecule has 4 aromatic rings. The number of carbonyl (C=O) groups excluding carboxylic acids is 2. The average molecular weight is 483 g/mol. The lowest BCUT2D eigenvalue weighted by Gasteiger charge is -2.09. The molecular weight excluding hydrogens is 468 g/mol. The molecule has 0 bridgehead atoms. The monoisotopic (exact) mass is 482 g/mol. The van der Waals surface area contributed by atoms with Gasteiger partial charge in [0.2, 0.25) is 0 Å². The highest BCUT2D eigenvalue weighted by Gasteiger charge is 2.21. The highest BCUT2D eigenvalue weighted by molar-refractivity contribution is 7.13. The maximum Gasteiger partial charge on any atom is 0.357 e. The summed E-state index contributed by atoms with van der Waals surface area (Å²) in [7, 11) is 0. The van der Waals surface area contributed by atoms with Crippen LogP contribution in [0, 0.1) is 10.1 Å². The van der Waals surface area contributed by atoms with Crippen LogP contribution in [0.4, 0.5) is 11.4 Å². The fraction of sp³-hybridized carbons (Fsp3) is 0.0455. The number of carbonyl (C=O) groups is 2. The molecule has 9 nitrogen and oxygen atoms in total. The lowest BCUT2D eigenvalue weighted by Crippen LogP contribution is -2.22. The number of esters is 1. The van der Waals surface area contributed by atoms with Crippen LogP contribution in [0.3, 0.4) is 0 Å². The van der Waals surface area contributed by atoms with E-state index in [4.69, 9.17) is 16.3 Å². The molecule has 0 saturated carbocycles. The largest absolute Gasteiger partial charge is 0.451 e. The van der Waals surface area contributed by atoms with Gasteiger partial charge in [0, 0.05) is 17.2 Å². The van der Waals surface area contributed by atoms with Crippen molar-refractivity contribution in [2.75, 3.05) is 11.9 Å². The van der Waals surface area contributed by atoms with Gasteiger partial charge < -0.3 is 10.1 Å². The quantitative estimate of drug-likeness (QED) is 0.226. The molecule has 0 spiro atoms. The van der Waals surface area contributed by atoms with Gasteiger partial charge in [0.05, 0.1) is 15.5 Å². The second-order valence-electron chi connectivity index (χ2n) is 6.68. The van der Waals surface area contributed by atoms with Gasteiger partial charge in [0.15, 0.2) is 12.3 Å². The van der Waals surface area contributed by atoms with Crippen molar-refractivity contribution in [2.24, 2.45) is 0 Å². The molecule has 11 heteroatoms. The number of ether oxygens (including phenoxy) is 1. The summed E-state index contributed by atoms with van der Waals surface area (Å²) in [6.07, 6.45) is 0. The Labute approximate surface area is 196 Å². The molecule has 0 aliphatic heterocycles. The zero-order valence-corrected chi connectivity index (χ0v) is 18.4. The molecule has 0 aliphatic rings. The van der Waals surface area contributed by atoms with Gasteiger partial charge in [-0.3, -0.25) is 14.9 Å². The van der Waals surface area contributed by atoms with Crippen LogP contribution in [-0.4, -0.2) is 33.2 Å². The first-order chi connectivity index (χ1) is 15.9. The van der Waals surface area contributed by atoms with Crippen molar-refractivity contribution in [1.29, 1.82) is 0 Å². The van der Waals surface area contributed by atoms with Gasteiger partial charge in [-0.15, -0.1) is 11.3 Å². The minimum absolute atomic E-state index is 0.0558. The third kappa shape index (κ3) is 5.08. The van der Waals surface area contributed by atoms with Crippen LogP contribution in [0.15, 0.2) is 72.1 Å². The molecule has 4 rings (SSSR count). The summed E-state index contributed by atoms with van der Waals surface area (Å²) in [6, 6.07) is 18.2. The standard InChI is InChI=1S/C22H15ClN4O5S/c23-14-8-9-16(18(11-14)27(30)31)24-21(28)13-32-22(29)19-12-17(20-7-4-10-33-20)25-26(19)15-5-2-1-3-6-15/h1-12H,13H2,(H,24,28). The van der Waals surface area contributed by atoms with Crippen LogP contribution in [0.1, 0.15) is 10.5 Å². The van der Waals surface area contributed by atoms with Gasteiger partial charge in [-0.05, 0) is 35.7 Å². The third-order valence-corrected chi connectivity index (χ3v) is 5.59. The van der Waals surface area contributed by atoms with E-state index in [0.717, 1.165) is 10.9 Å². The molecule has 2 heterocycles. The Hall–Kier alpha value is -4.02. The summed E-state index contributed by atoms with van der Waals surface area (Å²) in [5, 5.41) is 20.1. The molecule has 0 radical (unpaired) electrons. The number of rotatable bonds is 7. The molecule has 0 saturated heterocycles. The van der Waals surface area contributed by atoms with Gasteiger partial charge in [0.1, 0.15) is 11.4 Å². The first kappa shape index (κ1) is 22.2. The zero-order valence-electron chi connectivity index (χ0n) is 16.8. The van der Waals surface area contributed by atoms with Crippen LogP contribution in [0.2, 0.25) is 5.02 Å². The van der Waals surface area contributed by atoms with E-state index >= 15 is 0 Å². The number of amides is 1. The van der Waals surface area contributed by atoms with Crippen molar-refractivity contribution in [3.63, 3.8) is 0 Å². The molecule has 0 atom stereocenters. The second-order valence-corrected chi connectivity index (χ2v) is 8.07. The van der Waals surface area contributed by atoms with E-state index < -0.39 is 23.4 Å². The van der Waals surface area contributed by atoms with Gasteiger partial charge in [-0.2, -0.15) is 5.10 Å². The van der Waals surface area contributed by atoms with Crippen LogP contribution in [0.25, 0.3) is 16.3 Å². The normalized spacial score (nSPS) is 10.6. The number of hydrogen-bond acceptors (Lipinski definition) is 7. The molecule has 0 fully saturated rings. The Kier molecular flexibility index (Phi) is 6.48. The summed E-state index contributed by atoms with van der Waals surface area (Å²) < 4.78 is 6.62. The Morgan fingerprint density at radius 2 is 1.91 bits per heavy atom. The summed E-state index contributed by atoms with van der Waals surface area (Å²) in [5.41, 5.74) is 0.940. The molecule has 33 heavy (non-hydrogen) atoms. The summed E-state index contributed by atoms with van der Waals surface area (Å²) in [4.78, 5) is 36.5. The maximum atomic E-state index is 12.8. The fourth-order valence-corrected chi connectivity index (χ4v) is 3.84. The van der Waals surface area contributed by atoms with Crippen molar-refractivity contribution < 1.29 is 19.2 Å². The fourth-order valence-electron chi connectivity index (χ4n) is 2.99. The van der Waals surface area contributed by atoms with E-state index in [2.05, 4.69) is 10.4 Å². The van der Waals surface area contributed by atoms with Crippen molar-refractivity contribution in [2.45, 2.75) is 0 Å². The Bertz CT molecular complexity index is 1320. The minimum Gasteiger partial charge on any atom is -0.451 e.